The summed E-state index contributed by atoms with van der Waals surface area (Å²) < 4.78 is 4.72. The number of nitriles is 1. The molecule has 0 aliphatic rings. The van der Waals surface area contributed by atoms with Crippen LogP contribution in [0.1, 0.15) is 39.5 Å². The molecule has 0 fully saturated rings. The zero-order valence-electron chi connectivity index (χ0n) is 8.82. The van der Waals surface area contributed by atoms with Crippen molar-refractivity contribution in [3.63, 3.8) is 0 Å². The number of esters is 1. The van der Waals surface area contributed by atoms with Crippen LogP contribution in [-0.2, 0) is 9.53 Å². The van der Waals surface area contributed by atoms with Gasteiger partial charge in [0.05, 0.1) is 0 Å². The van der Waals surface area contributed by atoms with Crippen molar-refractivity contribution in [1.29, 1.82) is 5.26 Å². The highest BCUT2D eigenvalue weighted by Gasteiger charge is 2.04. The maximum Gasteiger partial charge on any atom is 0.304 e. The molecule has 0 spiro atoms. The number of unbranched alkanes of at least 4 members (excludes halogenated alkanes) is 3. The van der Waals surface area contributed by atoms with E-state index in [4.69, 9.17) is 10.00 Å². The molecule has 0 aromatic heterocycles. The number of allylic oxidation sites excluding steroid dienone is 1. The topological polar surface area (TPSA) is 50.1 Å². The van der Waals surface area contributed by atoms with Gasteiger partial charge in [0.25, 0.3) is 0 Å². The number of rotatable bonds is 6. The summed E-state index contributed by atoms with van der Waals surface area (Å²) in [5.41, 5.74) is 0. The van der Waals surface area contributed by atoms with Crippen LogP contribution in [0.25, 0.3) is 0 Å². The highest BCUT2D eigenvalue weighted by molar-refractivity contribution is 5.66. The second-order valence-electron chi connectivity index (χ2n) is 3.08. The Morgan fingerprint density at radius 1 is 1.57 bits per heavy atom. The molecule has 3 nitrogen and oxygen atoms in total. The molecule has 0 saturated carbocycles. The van der Waals surface area contributed by atoms with Crippen molar-refractivity contribution in [1.82, 2.24) is 0 Å². The molecule has 0 aromatic rings. The Morgan fingerprint density at radius 2 is 2.29 bits per heavy atom. The molecule has 78 valence electrons. The van der Waals surface area contributed by atoms with Gasteiger partial charge in [0.2, 0.25) is 6.10 Å². The molecule has 0 aliphatic heterocycles. The van der Waals surface area contributed by atoms with E-state index in [1.165, 1.54) is 19.8 Å². The lowest BCUT2D eigenvalue weighted by atomic mass is 10.2. The molecular weight excluding hydrogens is 178 g/mol. The summed E-state index contributed by atoms with van der Waals surface area (Å²) in [5, 5.41) is 8.60. The first-order valence-corrected chi connectivity index (χ1v) is 4.94. The van der Waals surface area contributed by atoms with E-state index in [1.54, 1.807) is 6.08 Å². The molecular formula is C11H17NO2. The standard InChI is InChI=1S/C11H17NO2/c1-3-4-5-6-7-8-11(9-12)14-10(2)13/h7-8,11H,3-6H2,1-2H3/b8-7+/t11-/m1/s1. The van der Waals surface area contributed by atoms with E-state index < -0.39 is 12.1 Å². The zero-order chi connectivity index (χ0) is 10.8. The number of nitrogens with zero attached hydrogens (tertiary/aromatic N) is 1. The van der Waals surface area contributed by atoms with E-state index in [2.05, 4.69) is 6.92 Å². The first kappa shape index (κ1) is 12.7. The van der Waals surface area contributed by atoms with Crippen LogP contribution in [0.2, 0.25) is 0 Å². The molecule has 0 saturated heterocycles. The monoisotopic (exact) mass is 195 g/mol. The van der Waals surface area contributed by atoms with E-state index in [9.17, 15) is 4.79 Å². The molecule has 0 amide bonds. The molecule has 0 unspecified atom stereocenters. The predicted octanol–water partition coefficient (Wildman–Crippen LogP) is 2.58. The molecule has 0 bridgehead atoms. The third-order valence-electron chi connectivity index (χ3n) is 1.71. The van der Waals surface area contributed by atoms with Crippen molar-refractivity contribution in [3.8, 4) is 6.07 Å². The summed E-state index contributed by atoms with van der Waals surface area (Å²) >= 11 is 0. The Balaban J connectivity index is 3.71. The SMILES string of the molecule is CCCCC/C=C/[C@H](C#N)OC(C)=O. The van der Waals surface area contributed by atoms with Crippen LogP contribution in [0.15, 0.2) is 12.2 Å². The molecule has 14 heavy (non-hydrogen) atoms. The van der Waals surface area contributed by atoms with Gasteiger partial charge in [0.1, 0.15) is 6.07 Å². The number of hydrogen-bond donors (Lipinski definition) is 0. The second kappa shape index (κ2) is 8.31. The second-order valence-corrected chi connectivity index (χ2v) is 3.08. The van der Waals surface area contributed by atoms with Crippen molar-refractivity contribution in [3.05, 3.63) is 12.2 Å². The molecule has 0 rings (SSSR count). The van der Waals surface area contributed by atoms with E-state index in [-0.39, 0.29) is 0 Å². The Hall–Kier alpha value is -1.30. The minimum absolute atomic E-state index is 0.422. The van der Waals surface area contributed by atoms with Gasteiger partial charge in [-0.2, -0.15) is 5.26 Å². The Kier molecular flexibility index (Phi) is 7.53. The third-order valence-corrected chi connectivity index (χ3v) is 1.71. The first-order valence-electron chi connectivity index (χ1n) is 4.94. The largest absolute Gasteiger partial charge is 0.443 e. The Bertz CT molecular complexity index is 228. The third kappa shape index (κ3) is 7.35. The molecule has 0 heterocycles. The average Bonchev–Trinajstić information content (AvgIpc) is 2.15. The summed E-state index contributed by atoms with van der Waals surface area (Å²) in [6.45, 7) is 3.44. The quantitative estimate of drug-likeness (QED) is 0.372. The van der Waals surface area contributed by atoms with Crippen LogP contribution in [0.5, 0.6) is 0 Å². The smallest absolute Gasteiger partial charge is 0.304 e. The highest BCUT2D eigenvalue weighted by Crippen LogP contribution is 2.01. The summed E-state index contributed by atoms with van der Waals surface area (Å²) in [6.07, 6.45) is 7.23. The molecule has 0 aromatic carbocycles. The van der Waals surface area contributed by atoms with E-state index in [1.807, 2.05) is 12.1 Å². The molecule has 3 heteroatoms. The Morgan fingerprint density at radius 3 is 2.79 bits per heavy atom. The van der Waals surface area contributed by atoms with Gasteiger partial charge < -0.3 is 4.74 Å². The summed E-state index contributed by atoms with van der Waals surface area (Å²) in [6, 6.07) is 1.89. The summed E-state index contributed by atoms with van der Waals surface area (Å²) in [7, 11) is 0. The minimum atomic E-state index is -0.728. The van der Waals surface area contributed by atoms with Crippen LogP contribution >= 0.6 is 0 Å². The average molecular weight is 195 g/mol. The van der Waals surface area contributed by atoms with Gasteiger partial charge in [0.15, 0.2) is 0 Å². The van der Waals surface area contributed by atoms with Crippen LogP contribution in [0.3, 0.4) is 0 Å². The minimum Gasteiger partial charge on any atom is -0.443 e. The van der Waals surface area contributed by atoms with Crippen molar-refractivity contribution < 1.29 is 9.53 Å². The van der Waals surface area contributed by atoms with Gasteiger partial charge in [-0.3, -0.25) is 4.79 Å². The van der Waals surface area contributed by atoms with E-state index in [0.29, 0.717) is 0 Å². The van der Waals surface area contributed by atoms with Crippen molar-refractivity contribution >= 4 is 5.97 Å². The normalized spacial score (nSPS) is 12.4. The van der Waals surface area contributed by atoms with Crippen LogP contribution in [0, 0.1) is 11.3 Å². The van der Waals surface area contributed by atoms with Crippen LogP contribution in [0.4, 0.5) is 0 Å². The van der Waals surface area contributed by atoms with Gasteiger partial charge in [-0.25, -0.2) is 0 Å². The molecule has 0 aliphatic carbocycles. The predicted molar refractivity (Wildman–Crippen MR) is 54.4 cm³/mol. The molecule has 0 N–H and O–H groups in total. The van der Waals surface area contributed by atoms with Gasteiger partial charge in [-0.15, -0.1) is 0 Å². The maximum atomic E-state index is 10.5. The highest BCUT2D eigenvalue weighted by atomic mass is 16.5. The molecule has 0 radical (unpaired) electrons. The molecule has 1 atom stereocenters. The van der Waals surface area contributed by atoms with Gasteiger partial charge in [-0.1, -0.05) is 25.8 Å². The number of hydrogen-bond acceptors (Lipinski definition) is 3. The summed E-state index contributed by atoms with van der Waals surface area (Å²) in [4.78, 5) is 10.5. The lowest BCUT2D eigenvalue weighted by Gasteiger charge is -2.02. The van der Waals surface area contributed by atoms with Crippen LogP contribution in [-0.4, -0.2) is 12.1 Å². The lowest BCUT2D eigenvalue weighted by Crippen LogP contribution is -2.10. The van der Waals surface area contributed by atoms with Crippen LogP contribution < -0.4 is 0 Å². The van der Waals surface area contributed by atoms with Crippen molar-refractivity contribution in [2.24, 2.45) is 0 Å². The fourth-order valence-electron chi connectivity index (χ4n) is 1.02. The Labute approximate surface area is 85.4 Å². The van der Waals surface area contributed by atoms with Crippen molar-refractivity contribution in [2.45, 2.75) is 45.6 Å². The number of carbonyl (C=O) groups excluding carboxylic acids is 1. The lowest BCUT2D eigenvalue weighted by molar-refractivity contribution is -0.142. The van der Waals surface area contributed by atoms with Gasteiger partial charge in [0, 0.05) is 6.92 Å². The fraction of sp³-hybridized carbons (Fsp3) is 0.636. The van der Waals surface area contributed by atoms with E-state index >= 15 is 0 Å². The fourth-order valence-corrected chi connectivity index (χ4v) is 1.02. The number of ether oxygens (including phenoxy) is 1. The van der Waals surface area contributed by atoms with Gasteiger partial charge >= 0.3 is 5.97 Å². The zero-order valence-corrected chi connectivity index (χ0v) is 8.82. The first-order chi connectivity index (χ1) is 6.70. The van der Waals surface area contributed by atoms with Crippen molar-refractivity contribution in [2.75, 3.05) is 0 Å². The van der Waals surface area contributed by atoms with E-state index in [0.717, 1.165) is 12.8 Å². The van der Waals surface area contributed by atoms with Gasteiger partial charge in [-0.05, 0) is 18.9 Å². The maximum absolute atomic E-state index is 10.5. The number of carbonyl (C=O) groups is 1. The summed E-state index contributed by atoms with van der Waals surface area (Å²) in [5.74, 6) is -0.422.